The number of aliphatic hydroxyl groups is 1. The normalized spacial score (nSPS) is 44.1. The molecule has 14 heavy (non-hydrogen) atoms. The lowest BCUT2D eigenvalue weighted by atomic mass is 9.76. The van der Waals surface area contributed by atoms with E-state index in [1.807, 2.05) is 0 Å². The molecule has 0 atom stereocenters. The van der Waals surface area contributed by atoms with Crippen LogP contribution in [0.5, 0.6) is 0 Å². The fraction of sp³-hybridized carbons (Fsp3) is 1.00. The largest absolute Gasteiger partial charge is 0.389 e. The van der Waals surface area contributed by atoms with E-state index in [-0.39, 0.29) is 5.60 Å². The summed E-state index contributed by atoms with van der Waals surface area (Å²) in [5.41, 5.74) is 4.75. The minimum Gasteiger partial charge on any atom is -0.389 e. The summed E-state index contributed by atoms with van der Waals surface area (Å²) in [5, 5.41) is 9.97. The van der Waals surface area contributed by atoms with Crippen LogP contribution in [0.25, 0.3) is 0 Å². The molecule has 0 aromatic rings. The Morgan fingerprint density at radius 1 is 1.14 bits per heavy atom. The van der Waals surface area contributed by atoms with Gasteiger partial charge in [0, 0.05) is 6.54 Å². The summed E-state index contributed by atoms with van der Waals surface area (Å²) in [5.74, 6) is 0. The summed E-state index contributed by atoms with van der Waals surface area (Å²) in [6.45, 7) is 2.40. The van der Waals surface area contributed by atoms with E-state index in [0.29, 0.717) is 26.4 Å². The topological polar surface area (TPSA) is 64.7 Å². The van der Waals surface area contributed by atoms with Gasteiger partial charge in [0.25, 0.3) is 0 Å². The maximum Gasteiger partial charge on any atom is 0.0918 e. The van der Waals surface area contributed by atoms with Crippen LogP contribution in [-0.2, 0) is 9.47 Å². The number of hydrogen-bond acceptors (Lipinski definition) is 4. The third-order valence-electron chi connectivity index (χ3n) is 3.47. The zero-order valence-electron chi connectivity index (χ0n) is 8.50. The van der Waals surface area contributed by atoms with Crippen LogP contribution >= 0.6 is 0 Å². The SMILES string of the molecule is NCC1(O)CCC2(CC1)COCCO2. The quantitative estimate of drug-likeness (QED) is 0.628. The van der Waals surface area contributed by atoms with Gasteiger partial charge < -0.3 is 20.3 Å². The summed E-state index contributed by atoms with van der Waals surface area (Å²) in [6.07, 6.45) is 3.18. The van der Waals surface area contributed by atoms with Crippen LogP contribution in [-0.4, -0.2) is 42.7 Å². The number of hydrogen-bond donors (Lipinski definition) is 2. The van der Waals surface area contributed by atoms with Crippen LogP contribution in [0.15, 0.2) is 0 Å². The van der Waals surface area contributed by atoms with E-state index in [1.54, 1.807) is 0 Å². The van der Waals surface area contributed by atoms with Gasteiger partial charge in [0.05, 0.1) is 31.0 Å². The molecule has 1 spiro atoms. The highest BCUT2D eigenvalue weighted by Crippen LogP contribution is 2.38. The molecular weight excluding hydrogens is 182 g/mol. The number of rotatable bonds is 1. The first-order valence-corrected chi connectivity index (χ1v) is 5.32. The predicted molar refractivity (Wildman–Crippen MR) is 52.0 cm³/mol. The van der Waals surface area contributed by atoms with E-state index in [0.717, 1.165) is 25.7 Å². The van der Waals surface area contributed by atoms with Crippen LogP contribution in [0.2, 0.25) is 0 Å². The van der Waals surface area contributed by atoms with E-state index in [2.05, 4.69) is 0 Å². The molecule has 1 saturated heterocycles. The van der Waals surface area contributed by atoms with Crippen LogP contribution in [0.3, 0.4) is 0 Å². The maximum atomic E-state index is 9.97. The smallest absolute Gasteiger partial charge is 0.0918 e. The monoisotopic (exact) mass is 201 g/mol. The minimum absolute atomic E-state index is 0.125. The van der Waals surface area contributed by atoms with E-state index >= 15 is 0 Å². The van der Waals surface area contributed by atoms with Crippen molar-refractivity contribution < 1.29 is 14.6 Å². The summed E-state index contributed by atoms with van der Waals surface area (Å²) < 4.78 is 11.2. The van der Waals surface area contributed by atoms with Crippen molar-refractivity contribution in [1.82, 2.24) is 0 Å². The first-order chi connectivity index (χ1) is 6.68. The molecule has 0 bridgehead atoms. The molecule has 4 heteroatoms. The van der Waals surface area contributed by atoms with Crippen molar-refractivity contribution in [3.63, 3.8) is 0 Å². The third kappa shape index (κ3) is 1.93. The lowest BCUT2D eigenvalue weighted by Crippen LogP contribution is -2.52. The molecule has 1 heterocycles. The molecule has 3 N–H and O–H groups in total. The van der Waals surface area contributed by atoms with Gasteiger partial charge in [-0.2, -0.15) is 0 Å². The molecule has 0 aromatic carbocycles. The van der Waals surface area contributed by atoms with E-state index in [9.17, 15) is 5.11 Å². The van der Waals surface area contributed by atoms with Gasteiger partial charge in [0.15, 0.2) is 0 Å². The lowest BCUT2D eigenvalue weighted by Gasteiger charge is -2.45. The van der Waals surface area contributed by atoms with E-state index in [4.69, 9.17) is 15.2 Å². The second-order valence-corrected chi connectivity index (χ2v) is 4.51. The molecule has 2 fully saturated rings. The Morgan fingerprint density at radius 3 is 2.36 bits per heavy atom. The van der Waals surface area contributed by atoms with Gasteiger partial charge in [0.2, 0.25) is 0 Å². The molecule has 0 aromatic heterocycles. The Labute approximate surface area is 84.4 Å². The average molecular weight is 201 g/mol. The number of nitrogens with two attached hydrogens (primary N) is 1. The highest BCUT2D eigenvalue weighted by Gasteiger charge is 2.43. The molecular formula is C10H19NO3. The second kappa shape index (κ2) is 3.77. The van der Waals surface area contributed by atoms with Gasteiger partial charge >= 0.3 is 0 Å². The molecule has 0 unspecified atom stereocenters. The first-order valence-electron chi connectivity index (χ1n) is 5.32. The van der Waals surface area contributed by atoms with Crippen LogP contribution in [0, 0.1) is 0 Å². The van der Waals surface area contributed by atoms with Crippen molar-refractivity contribution in [1.29, 1.82) is 0 Å². The van der Waals surface area contributed by atoms with Gasteiger partial charge in [-0.1, -0.05) is 0 Å². The molecule has 82 valence electrons. The first kappa shape index (κ1) is 10.4. The molecule has 1 aliphatic heterocycles. The second-order valence-electron chi connectivity index (χ2n) is 4.51. The molecule has 1 aliphatic carbocycles. The highest BCUT2D eigenvalue weighted by atomic mass is 16.6. The van der Waals surface area contributed by atoms with E-state index in [1.165, 1.54) is 0 Å². The Kier molecular flexibility index (Phi) is 2.79. The van der Waals surface area contributed by atoms with Crippen LogP contribution in [0.1, 0.15) is 25.7 Å². The minimum atomic E-state index is -0.661. The number of ether oxygens (including phenoxy) is 2. The Balaban J connectivity index is 1.93. The van der Waals surface area contributed by atoms with Crippen LogP contribution in [0.4, 0.5) is 0 Å². The molecule has 1 saturated carbocycles. The Morgan fingerprint density at radius 2 is 1.86 bits per heavy atom. The standard InChI is InChI=1S/C10H19NO3/c11-7-9(12)1-3-10(4-2-9)8-13-5-6-14-10/h12H,1-8,11H2. The molecule has 2 rings (SSSR count). The summed E-state index contributed by atoms with van der Waals surface area (Å²) in [7, 11) is 0. The summed E-state index contributed by atoms with van der Waals surface area (Å²) >= 11 is 0. The summed E-state index contributed by atoms with van der Waals surface area (Å²) in [6, 6.07) is 0. The lowest BCUT2D eigenvalue weighted by molar-refractivity contribution is -0.189. The van der Waals surface area contributed by atoms with Crippen molar-refractivity contribution >= 4 is 0 Å². The van der Waals surface area contributed by atoms with Gasteiger partial charge in [-0.25, -0.2) is 0 Å². The molecule has 0 radical (unpaired) electrons. The van der Waals surface area contributed by atoms with Crippen molar-refractivity contribution in [2.75, 3.05) is 26.4 Å². The van der Waals surface area contributed by atoms with Gasteiger partial charge in [0.1, 0.15) is 0 Å². The average Bonchev–Trinajstić information content (AvgIpc) is 2.25. The van der Waals surface area contributed by atoms with Crippen LogP contribution < -0.4 is 5.73 Å². The van der Waals surface area contributed by atoms with Gasteiger partial charge in [-0.15, -0.1) is 0 Å². The molecule has 2 aliphatic rings. The van der Waals surface area contributed by atoms with Crippen molar-refractivity contribution in [3.8, 4) is 0 Å². The Hall–Kier alpha value is -0.160. The highest BCUT2D eigenvalue weighted by molar-refractivity contribution is 4.95. The maximum absolute atomic E-state index is 9.97. The van der Waals surface area contributed by atoms with E-state index < -0.39 is 5.60 Å². The van der Waals surface area contributed by atoms with Crippen molar-refractivity contribution in [3.05, 3.63) is 0 Å². The molecule has 0 amide bonds. The summed E-state index contributed by atoms with van der Waals surface area (Å²) in [4.78, 5) is 0. The fourth-order valence-electron chi connectivity index (χ4n) is 2.28. The third-order valence-corrected chi connectivity index (χ3v) is 3.47. The van der Waals surface area contributed by atoms with Gasteiger partial charge in [-0.05, 0) is 25.7 Å². The Bertz CT molecular complexity index is 192. The predicted octanol–water partition coefficient (Wildman–Crippen LogP) is 0.0358. The van der Waals surface area contributed by atoms with Gasteiger partial charge in [-0.3, -0.25) is 0 Å². The zero-order valence-corrected chi connectivity index (χ0v) is 8.50. The zero-order chi connectivity index (χ0) is 10.1. The molecule has 4 nitrogen and oxygen atoms in total. The van der Waals surface area contributed by atoms with Crippen molar-refractivity contribution in [2.45, 2.75) is 36.9 Å². The van der Waals surface area contributed by atoms with Crippen molar-refractivity contribution in [2.24, 2.45) is 5.73 Å². The fourth-order valence-corrected chi connectivity index (χ4v) is 2.28.